The summed E-state index contributed by atoms with van der Waals surface area (Å²) >= 11 is 4.93. The fraction of sp³-hybridized carbons (Fsp3) is 0.615. The second kappa shape index (κ2) is 6.12. The van der Waals surface area contributed by atoms with Crippen molar-refractivity contribution in [1.82, 2.24) is 5.32 Å². The maximum Gasteiger partial charge on any atom is 0.174 e. The zero-order valence-corrected chi connectivity index (χ0v) is 12.4. The highest BCUT2D eigenvalue weighted by molar-refractivity contribution is 9.11. The van der Waals surface area contributed by atoms with Crippen LogP contribution in [0.25, 0.3) is 0 Å². The maximum absolute atomic E-state index is 12.1. The van der Waals surface area contributed by atoms with E-state index in [1.54, 1.807) is 0 Å². The standard InChI is InChI=1S/C13H18BrNOS/c1-2-9-5-6-15-10(7-9)8-11(16)12-3-4-13(14)17-12/h3-4,9-10,15H,2,5-8H2,1H3. The molecule has 1 aliphatic heterocycles. The maximum atomic E-state index is 12.1. The summed E-state index contributed by atoms with van der Waals surface area (Å²) in [7, 11) is 0. The number of ketones is 1. The summed E-state index contributed by atoms with van der Waals surface area (Å²) in [5.74, 6) is 1.07. The monoisotopic (exact) mass is 315 g/mol. The molecule has 17 heavy (non-hydrogen) atoms. The number of rotatable bonds is 4. The molecule has 1 aliphatic rings. The minimum Gasteiger partial charge on any atom is -0.314 e. The fourth-order valence-electron chi connectivity index (χ4n) is 2.41. The van der Waals surface area contributed by atoms with Gasteiger partial charge in [0.1, 0.15) is 0 Å². The molecule has 0 amide bonds. The Labute approximate surface area is 115 Å². The Morgan fingerprint density at radius 1 is 1.59 bits per heavy atom. The highest BCUT2D eigenvalue weighted by Gasteiger charge is 2.23. The van der Waals surface area contributed by atoms with Crippen molar-refractivity contribution in [2.24, 2.45) is 5.92 Å². The topological polar surface area (TPSA) is 29.1 Å². The Morgan fingerprint density at radius 3 is 3.06 bits per heavy atom. The van der Waals surface area contributed by atoms with Crippen molar-refractivity contribution in [3.05, 3.63) is 20.8 Å². The van der Waals surface area contributed by atoms with Crippen molar-refractivity contribution in [2.45, 2.75) is 38.6 Å². The van der Waals surface area contributed by atoms with Gasteiger partial charge in [-0.25, -0.2) is 0 Å². The lowest BCUT2D eigenvalue weighted by molar-refractivity contribution is 0.0961. The predicted molar refractivity (Wildman–Crippen MR) is 75.8 cm³/mol. The highest BCUT2D eigenvalue weighted by atomic mass is 79.9. The molecule has 0 spiro atoms. The van der Waals surface area contributed by atoms with Gasteiger partial charge in [0.05, 0.1) is 8.66 Å². The van der Waals surface area contributed by atoms with Crippen molar-refractivity contribution >= 4 is 33.0 Å². The Bertz CT molecular complexity index is 391. The molecular weight excluding hydrogens is 298 g/mol. The molecule has 2 unspecified atom stereocenters. The van der Waals surface area contributed by atoms with Crippen molar-refractivity contribution in [3.8, 4) is 0 Å². The number of carbonyl (C=O) groups excluding carboxylic acids is 1. The Hall–Kier alpha value is -0.190. The van der Waals surface area contributed by atoms with E-state index in [2.05, 4.69) is 28.2 Å². The molecule has 2 atom stereocenters. The largest absolute Gasteiger partial charge is 0.314 e. The van der Waals surface area contributed by atoms with Gasteiger partial charge < -0.3 is 5.32 Å². The molecule has 0 aromatic carbocycles. The fourth-order valence-corrected chi connectivity index (χ4v) is 3.74. The number of hydrogen-bond acceptors (Lipinski definition) is 3. The first-order chi connectivity index (χ1) is 8.19. The molecule has 0 bridgehead atoms. The SMILES string of the molecule is CCC1CCNC(CC(=O)c2ccc(Br)s2)C1. The van der Waals surface area contributed by atoms with Gasteiger partial charge in [0.25, 0.3) is 0 Å². The van der Waals surface area contributed by atoms with Crippen LogP contribution in [0.5, 0.6) is 0 Å². The van der Waals surface area contributed by atoms with Crippen LogP contribution in [0.2, 0.25) is 0 Å². The first-order valence-electron chi connectivity index (χ1n) is 6.21. The van der Waals surface area contributed by atoms with Crippen molar-refractivity contribution < 1.29 is 4.79 Å². The normalized spacial score (nSPS) is 24.8. The lowest BCUT2D eigenvalue weighted by Crippen LogP contribution is -2.39. The third kappa shape index (κ3) is 3.63. The molecule has 1 aromatic heterocycles. The van der Waals surface area contributed by atoms with Crippen LogP contribution in [0.3, 0.4) is 0 Å². The van der Waals surface area contributed by atoms with Crippen LogP contribution in [-0.4, -0.2) is 18.4 Å². The summed E-state index contributed by atoms with van der Waals surface area (Å²) in [6, 6.07) is 4.24. The van der Waals surface area contributed by atoms with E-state index < -0.39 is 0 Å². The second-order valence-corrected chi connectivity index (χ2v) is 7.14. The first kappa shape index (κ1) is 13.2. The van der Waals surface area contributed by atoms with Gasteiger partial charge in [-0.2, -0.15) is 0 Å². The van der Waals surface area contributed by atoms with Gasteiger partial charge in [0, 0.05) is 12.5 Å². The molecule has 2 rings (SSSR count). The van der Waals surface area contributed by atoms with Crippen LogP contribution >= 0.6 is 27.3 Å². The van der Waals surface area contributed by atoms with E-state index in [9.17, 15) is 4.79 Å². The minimum absolute atomic E-state index is 0.273. The zero-order chi connectivity index (χ0) is 12.3. The number of thiophene rings is 1. The second-order valence-electron chi connectivity index (χ2n) is 4.68. The summed E-state index contributed by atoms with van der Waals surface area (Å²) in [5.41, 5.74) is 0. The number of hydrogen-bond donors (Lipinski definition) is 1. The molecule has 1 N–H and O–H groups in total. The molecule has 2 nitrogen and oxygen atoms in total. The summed E-state index contributed by atoms with van der Waals surface area (Å²) in [5, 5.41) is 3.46. The van der Waals surface area contributed by atoms with Crippen LogP contribution in [0, 0.1) is 5.92 Å². The minimum atomic E-state index is 0.273. The summed E-state index contributed by atoms with van der Waals surface area (Å²) < 4.78 is 1.03. The van der Waals surface area contributed by atoms with E-state index in [4.69, 9.17) is 0 Å². The Kier molecular flexibility index (Phi) is 4.77. The van der Waals surface area contributed by atoms with Crippen LogP contribution in [0.15, 0.2) is 15.9 Å². The summed E-state index contributed by atoms with van der Waals surface area (Å²) in [6.45, 7) is 3.30. The Balaban J connectivity index is 1.90. The van der Waals surface area contributed by atoms with Gasteiger partial charge in [0.2, 0.25) is 0 Å². The molecule has 2 heterocycles. The molecule has 0 radical (unpaired) electrons. The van der Waals surface area contributed by atoms with E-state index in [-0.39, 0.29) is 5.78 Å². The third-order valence-electron chi connectivity index (χ3n) is 3.46. The quantitative estimate of drug-likeness (QED) is 0.855. The highest BCUT2D eigenvalue weighted by Crippen LogP contribution is 2.26. The van der Waals surface area contributed by atoms with Crippen LogP contribution in [0.1, 0.15) is 42.3 Å². The molecule has 1 aromatic rings. The summed E-state index contributed by atoms with van der Waals surface area (Å²) in [6.07, 6.45) is 4.28. The van der Waals surface area contributed by atoms with Gasteiger partial charge in [-0.1, -0.05) is 13.3 Å². The van der Waals surface area contributed by atoms with Gasteiger partial charge in [-0.15, -0.1) is 11.3 Å². The van der Waals surface area contributed by atoms with Crippen molar-refractivity contribution in [3.63, 3.8) is 0 Å². The Morgan fingerprint density at radius 2 is 2.41 bits per heavy atom. The van der Waals surface area contributed by atoms with Gasteiger partial charge in [-0.3, -0.25) is 4.79 Å². The van der Waals surface area contributed by atoms with Crippen LogP contribution in [-0.2, 0) is 0 Å². The summed E-state index contributed by atoms with van der Waals surface area (Å²) in [4.78, 5) is 12.9. The van der Waals surface area contributed by atoms with Gasteiger partial charge in [0.15, 0.2) is 5.78 Å². The van der Waals surface area contributed by atoms with Gasteiger partial charge >= 0.3 is 0 Å². The molecular formula is C13H18BrNOS. The molecule has 4 heteroatoms. The lowest BCUT2D eigenvalue weighted by atomic mass is 9.88. The third-order valence-corrected chi connectivity index (χ3v) is 5.13. The molecule has 94 valence electrons. The van der Waals surface area contributed by atoms with Crippen molar-refractivity contribution in [1.29, 1.82) is 0 Å². The van der Waals surface area contributed by atoms with E-state index >= 15 is 0 Å². The lowest BCUT2D eigenvalue weighted by Gasteiger charge is -2.29. The predicted octanol–water partition coefficient (Wildman–Crippen LogP) is 3.86. The number of halogens is 1. The van der Waals surface area contributed by atoms with E-state index in [0.29, 0.717) is 12.5 Å². The smallest absolute Gasteiger partial charge is 0.174 e. The first-order valence-corrected chi connectivity index (χ1v) is 7.82. The van der Waals surface area contributed by atoms with Crippen LogP contribution < -0.4 is 5.32 Å². The average molecular weight is 316 g/mol. The van der Waals surface area contributed by atoms with E-state index in [1.807, 2.05) is 12.1 Å². The number of carbonyl (C=O) groups is 1. The van der Waals surface area contributed by atoms with E-state index in [1.165, 1.54) is 24.2 Å². The molecule has 1 saturated heterocycles. The molecule has 0 saturated carbocycles. The van der Waals surface area contributed by atoms with Crippen molar-refractivity contribution in [2.75, 3.05) is 6.54 Å². The van der Waals surface area contributed by atoms with Crippen LogP contribution in [0.4, 0.5) is 0 Å². The van der Waals surface area contributed by atoms with E-state index in [0.717, 1.165) is 27.5 Å². The number of Topliss-reactive ketones (excluding diaryl/α,β-unsaturated/α-hetero) is 1. The average Bonchev–Trinajstić information content (AvgIpc) is 2.76. The molecule has 1 fully saturated rings. The number of nitrogens with one attached hydrogen (secondary N) is 1. The molecule has 0 aliphatic carbocycles. The zero-order valence-electron chi connectivity index (χ0n) is 10.0. The van der Waals surface area contributed by atoms with Gasteiger partial charge in [-0.05, 0) is 53.4 Å². The number of piperidine rings is 1.